The minimum Gasteiger partial charge on any atom is -0.494 e. The van der Waals surface area contributed by atoms with E-state index in [1.165, 1.54) is 28.4 Å². The summed E-state index contributed by atoms with van der Waals surface area (Å²) in [6, 6.07) is 2.31. The van der Waals surface area contributed by atoms with Crippen LogP contribution in [0.4, 0.5) is 0 Å². The molecule has 0 spiro atoms. The molecule has 4 bridgehead atoms. The third kappa shape index (κ3) is 4.30. The number of ether oxygens (including phenoxy) is 6. The second kappa shape index (κ2) is 12.4. The lowest BCUT2D eigenvalue weighted by atomic mass is 10.2. The number of rotatable bonds is 6. The second-order valence-corrected chi connectivity index (χ2v) is 11.9. The molecule has 7 aromatic rings. The van der Waals surface area contributed by atoms with E-state index in [-0.39, 0.29) is 23.0 Å². The van der Waals surface area contributed by atoms with E-state index in [1.54, 1.807) is 0 Å². The maximum Gasteiger partial charge on any atom is 0.368 e. The van der Waals surface area contributed by atoms with Crippen molar-refractivity contribution in [2.75, 3.05) is 42.7 Å². The topological polar surface area (TPSA) is 247 Å². The van der Waals surface area contributed by atoms with Crippen molar-refractivity contribution in [1.29, 1.82) is 0 Å². The summed E-state index contributed by atoms with van der Waals surface area (Å²) in [5.74, 6) is -2.15. The molecule has 0 aliphatic heterocycles. The van der Waals surface area contributed by atoms with Gasteiger partial charge in [0.15, 0.2) is 56.6 Å². The Hall–Kier alpha value is -7.80. The number of hydrogen-bond acceptors (Lipinski definition) is 14. The summed E-state index contributed by atoms with van der Waals surface area (Å²) >= 11 is 0. The van der Waals surface area contributed by atoms with Crippen molar-refractivity contribution >= 4 is 22.1 Å². The van der Waals surface area contributed by atoms with Crippen LogP contribution in [0.5, 0.6) is 34.5 Å². The largest absolute Gasteiger partial charge is 0.494 e. The lowest BCUT2D eigenvalue weighted by Crippen LogP contribution is -2.32. The van der Waals surface area contributed by atoms with Crippen molar-refractivity contribution in [3.05, 3.63) is 96.0 Å². The Morgan fingerprint density at radius 2 is 0.518 bits per heavy atom. The molecule has 2 aromatic carbocycles. The molecular weight excluding hydrogens is 752 g/mol. The standard InChI is InChI=1S/C30H32N12O14/c1-31-23(43)35-17-13(51-5)11-14(52-6)18(21(17)55-9)37-25(45)33(3)29(49)41(37)42-30(50)34(4)26(46)38(42)20-16(54-8)12-15(53-7)19(22(20)56-10)36-24(44)32(2)28(48)40(36)39(35)27(31)47/h11-12H,1-10H3. The van der Waals surface area contributed by atoms with Gasteiger partial charge >= 0.3 is 45.5 Å². The SMILES string of the molecule is COc1cc(OC)c2c(OC)c1n1c(=O)n(C)c(=O)n1n1c(=O)n(C)c(=O)n1c1c(OC)cc(OC)c(c1OC)n1c(=O)n(C)c(=O)n1n1c(=O)n(C)c(=O)n21. The Bertz CT molecular complexity index is 3060. The van der Waals surface area contributed by atoms with Crippen LogP contribution in [0, 0.1) is 0 Å². The Morgan fingerprint density at radius 3 is 0.679 bits per heavy atom. The van der Waals surface area contributed by atoms with Crippen LogP contribution in [0.1, 0.15) is 0 Å². The van der Waals surface area contributed by atoms with Gasteiger partial charge in [-0.25, -0.2) is 56.6 Å². The fourth-order valence-electron chi connectivity index (χ4n) is 6.52. The van der Waals surface area contributed by atoms with E-state index in [4.69, 9.17) is 28.4 Å². The maximum absolute atomic E-state index is 14.3. The van der Waals surface area contributed by atoms with Crippen LogP contribution in [-0.4, -0.2) is 97.5 Å². The van der Waals surface area contributed by atoms with E-state index in [0.29, 0.717) is 54.9 Å². The molecule has 0 saturated heterocycles. The molecule has 56 heavy (non-hydrogen) atoms. The highest BCUT2D eigenvalue weighted by atomic mass is 16.5. The zero-order chi connectivity index (χ0) is 41.0. The average Bonchev–Trinajstić information content (AvgIpc) is 3.73. The fraction of sp³-hybridized carbons (Fsp3) is 0.333. The molecule has 296 valence electrons. The van der Waals surface area contributed by atoms with Crippen LogP contribution in [0.3, 0.4) is 0 Å². The van der Waals surface area contributed by atoms with Crippen LogP contribution in [0.15, 0.2) is 50.5 Å². The predicted octanol–water partition coefficient (Wildman–Crippen LogP) is -4.62. The van der Waals surface area contributed by atoms with Gasteiger partial charge in [-0.3, -0.25) is 0 Å². The van der Waals surface area contributed by atoms with Crippen LogP contribution in [0.2, 0.25) is 0 Å². The first-order valence-electron chi connectivity index (χ1n) is 15.9. The molecule has 26 nitrogen and oxygen atoms in total. The molecule has 7 rings (SSSR count). The van der Waals surface area contributed by atoms with Crippen LogP contribution in [0.25, 0.3) is 22.1 Å². The summed E-state index contributed by atoms with van der Waals surface area (Å²) in [4.78, 5) is 114. The predicted molar refractivity (Wildman–Crippen MR) is 191 cm³/mol. The highest BCUT2D eigenvalue weighted by Gasteiger charge is 2.29. The minimum atomic E-state index is -1.21. The van der Waals surface area contributed by atoms with Gasteiger partial charge < -0.3 is 28.4 Å². The third-order valence-corrected chi connectivity index (χ3v) is 9.27. The summed E-state index contributed by atoms with van der Waals surface area (Å²) in [6.07, 6.45) is 0. The first-order chi connectivity index (χ1) is 26.6. The Morgan fingerprint density at radius 1 is 0.321 bits per heavy atom. The minimum absolute atomic E-state index is 0.276. The highest BCUT2D eigenvalue weighted by molar-refractivity contribution is 5.87. The van der Waals surface area contributed by atoms with E-state index >= 15 is 0 Å². The zero-order valence-corrected chi connectivity index (χ0v) is 31.2. The number of fused-ring (bicyclic) bond motifs is 14. The van der Waals surface area contributed by atoms with E-state index in [0.717, 1.165) is 54.5 Å². The normalized spacial score (nSPS) is 11.6. The third-order valence-electron chi connectivity index (χ3n) is 9.27. The highest BCUT2D eigenvalue weighted by Crippen LogP contribution is 2.40. The summed E-state index contributed by atoms with van der Waals surface area (Å²) in [5, 5.41) is 0. The van der Waals surface area contributed by atoms with Crippen molar-refractivity contribution in [1.82, 2.24) is 54.9 Å². The van der Waals surface area contributed by atoms with Gasteiger partial charge in [-0.05, 0) is 0 Å². The van der Waals surface area contributed by atoms with Gasteiger partial charge in [0.1, 0.15) is 0 Å². The lowest BCUT2D eigenvalue weighted by Gasteiger charge is -2.16. The van der Waals surface area contributed by atoms with Gasteiger partial charge in [0, 0.05) is 40.3 Å². The molecule has 0 N–H and O–H groups in total. The monoisotopic (exact) mass is 784 g/mol. The number of hydrogen-bond donors (Lipinski definition) is 0. The molecular formula is C30H32N12O14. The summed E-state index contributed by atoms with van der Waals surface area (Å²) in [5.41, 5.74) is -11.4. The van der Waals surface area contributed by atoms with Gasteiger partial charge in [0.05, 0.1) is 42.7 Å². The molecule has 0 aliphatic carbocycles. The molecule has 5 aromatic heterocycles. The lowest BCUT2D eigenvalue weighted by molar-refractivity contribution is 0.375. The molecule has 0 amide bonds. The van der Waals surface area contributed by atoms with Crippen LogP contribution < -0.4 is 73.9 Å². The van der Waals surface area contributed by atoms with Crippen molar-refractivity contribution in [3.63, 3.8) is 0 Å². The summed E-state index contributed by atoms with van der Waals surface area (Å²) in [7, 11) is 11.2. The average molecular weight is 785 g/mol. The molecule has 26 heteroatoms. The van der Waals surface area contributed by atoms with Gasteiger partial charge in [-0.15, -0.1) is 18.5 Å². The smallest absolute Gasteiger partial charge is 0.368 e. The Balaban J connectivity index is 2.24. The van der Waals surface area contributed by atoms with Gasteiger partial charge in [0.2, 0.25) is 0 Å². The number of benzene rings is 2. The quantitative estimate of drug-likeness (QED) is 0.154. The molecule has 5 heterocycles. The zero-order valence-electron chi connectivity index (χ0n) is 31.2. The fourth-order valence-corrected chi connectivity index (χ4v) is 6.52. The molecule has 0 fully saturated rings. The molecule has 0 atom stereocenters. The summed E-state index contributed by atoms with van der Waals surface area (Å²) in [6.45, 7) is 0. The van der Waals surface area contributed by atoms with E-state index < -0.39 is 79.1 Å². The number of aromatic nitrogens is 12. The van der Waals surface area contributed by atoms with Crippen molar-refractivity contribution < 1.29 is 28.4 Å². The Kier molecular flexibility index (Phi) is 8.08. The van der Waals surface area contributed by atoms with Gasteiger partial charge in [-0.1, -0.05) is 0 Å². The van der Waals surface area contributed by atoms with Gasteiger partial charge in [0.25, 0.3) is 0 Å². The second-order valence-electron chi connectivity index (χ2n) is 11.9. The molecule has 0 radical (unpaired) electrons. The summed E-state index contributed by atoms with van der Waals surface area (Å²) < 4.78 is 40.9. The van der Waals surface area contributed by atoms with Crippen molar-refractivity contribution in [2.45, 2.75) is 0 Å². The maximum atomic E-state index is 14.3. The van der Waals surface area contributed by atoms with Crippen molar-refractivity contribution in [2.24, 2.45) is 28.2 Å². The van der Waals surface area contributed by atoms with E-state index in [9.17, 15) is 38.4 Å². The molecule has 0 unspecified atom stereocenters. The van der Waals surface area contributed by atoms with Crippen molar-refractivity contribution in [3.8, 4) is 34.5 Å². The molecule has 0 aliphatic rings. The number of nitrogens with zero attached hydrogens (tertiary/aromatic N) is 12. The Labute approximate surface area is 306 Å². The first-order valence-corrected chi connectivity index (χ1v) is 15.9. The van der Waals surface area contributed by atoms with E-state index in [1.807, 2.05) is 0 Å². The van der Waals surface area contributed by atoms with E-state index in [2.05, 4.69) is 0 Å². The molecule has 0 saturated carbocycles. The van der Waals surface area contributed by atoms with Gasteiger partial charge in [-0.2, -0.15) is 18.1 Å². The van der Waals surface area contributed by atoms with Crippen LogP contribution >= 0.6 is 0 Å². The first kappa shape index (κ1) is 36.6. The number of methoxy groups -OCH3 is 6. The van der Waals surface area contributed by atoms with Crippen LogP contribution in [-0.2, 0) is 28.2 Å².